The fourth-order valence-corrected chi connectivity index (χ4v) is 3.01. The van der Waals surface area contributed by atoms with Crippen molar-refractivity contribution in [3.63, 3.8) is 0 Å². The maximum absolute atomic E-state index is 13.1. The van der Waals surface area contributed by atoms with Crippen molar-refractivity contribution in [1.82, 2.24) is 10.2 Å². The lowest BCUT2D eigenvalue weighted by atomic mass is 10.0. The van der Waals surface area contributed by atoms with Crippen LogP contribution in [0.5, 0.6) is 0 Å². The molecule has 2 aromatic rings. The Hall–Kier alpha value is -3.53. The molecule has 0 fully saturated rings. The van der Waals surface area contributed by atoms with Gasteiger partial charge in [-0.05, 0) is 42.3 Å². The fourth-order valence-electron chi connectivity index (χ4n) is 3.01. The number of benzene rings is 2. The minimum absolute atomic E-state index is 0.166. The molecule has 0 saturated carbocycles. The molecule has 0 aliphatic carbocycles. The van der Waals surface area contributed by atoms with Gasteiger partial charge in [-0.1, -0.05) is 25.5 Å². The number of hydrogen-bond acceptors (Lipinski definition) is 4. The van der Waals surface area contributed by atoms with Crippen molar-refractivity contribution in [1.29, 1.82) is 5.26 Å². The third-order valence-electron chi connectivity index (χ3n) is 4.58. The van der Waals surface area contributed by atoms with Crippen LogP contribution in [0.2, 0.25) is 0 Å². The number of nitrogens with one attached hydrogen (secondary N) is 1. The zero-order valence-corrected chi connectivity index (χ0v) is 15.2. The fraction of sp³-hybridized carbons (Fsp3) is 0.238. The number of rotatable bonds is 6. The lowest BCUT2D eigenvalue weighted by Gasteiger charge is -2.12. The summed E-state index contributed by atoms with van der Waals surface area (Å²) in [6, 6.07) is 10.5. The zero-order chi connectivity index (χ0) is 20.3. The Labute approximate surface area is 161 Å². The van der Waals surface area contributed by atoms with Crippen LogP contribution in [0, 0.1) is 17.1 Å². The number of carbonyl (C=O) groups is 3. The molecular formula is C21H18FN3O3. The van der Waals surface area contributed by atoms with E-state index >= 15 is 0 Å². The number of amides is 3. The molecule has 3 rings (SSSR count). The third kappa shape index (κ3) is 3.62. The van der Waals surface area contributed by atoms with Crippen LogP contribution in [0.3, 0.4) is 0 Å². The summed E-state index contributed by atoms with van der Waals surface area (Å²) in [7, 11) is 0. The molecule has 1 aliphatic rings. The minimum atomic E-state index is -0.972. The Balaban J connectivity index is 1.80. The van der Waals surface area contributed by atoms with E-state index in [-0.39, 0.29) is 22.6 Å². The molecule has 2 aromatic carbocycles. The van der Waals surface area contributed by atoms with Crippen LogP contribution in [0.25, 0.3) is 0 Å². The summed E-state index contributed by atoms with van der Waals surface area (Å²) in [5.41, 5.74) is 1.06. The van der Waals surface area contributed by atoms with E-state index in [1.54, 1.807) is 0 Å². The first-order valence-corrected chi connectivity index (χ1v) is 8.92. The topological polar surface area (TPSA) is 90.3 Å². The van der Waals surface area contributed by atoms with Crippen LogP contribution >= 0.6 is 0 Å². The van der Waals surface area contributed by atoms with Gasteiger partial charge in [0.25, 0.3) is 17.7 Å². The van der Waals surface area contributed by atoms with Gasteiger partial charge in [0.05, 0.1) is 17.2 Å². The smallest absolute Gasteiger partial charge is 0.261 e. The second-order valence-corrected chi connectivity index (χ2v) is 6.46. The normalized spacial score (nSPS) is 13.8. The molecule has 28 heavy (non-hydrogen) atoms. The second-order valence-electron chi connectivity index (χ2n) is 6.46. The summed E-state index contributed by atoms with van der Waals surface area (Å²) in [6.45, 7) is 2.30. The lowest BCUT2D eigenvalue weighted by Crippen LogP contribution is -2.30. The van der Waals surface area contributed by atoms with Crippen molar-refractivity contribution in [2.24, 2.45) is 0 Å². The van der Waals surface area contributed by atoms with Crippen molar-refractivity contribution in [2.45, 2.75) is 25.8 Å². The standard InChI is InChI=1S/C21H18FN3O3/c1-2-3-10-25-20(27)16-9-6-14(11-17(16)21(25)28)19(26)24-18(12-23)13-4-7-15(22)8-5-13/h4-9,11,18H,2-3,10H2,1H3,(H,24,26)/t18-/m0/s1. The van der Waals surface area contributed by atoms with E-state index < -0.39 is 23.7 Å². The Morgan fingerprint density at radius 1 is 1.14 bits per heavy atom. The molecule has 1 atom stereocenters. The zero-order valence-electron chi connectivity index (χ0n) is 15.2. The molecule has 1 heterocycles. The van der Waals surface area contributed by atoms with Crippen LogP contribution in [-0.2, 0) is 0 Å². The van der Waals surface area contributed by atoms with E-state index in [1.807, 2.05) is 13.0 Å². The number of nitrogens with zero attached hydrogens (tertiary/aromatic N) is 2. The predicted octanol–water partition coefficient (Wildman–Crippen LogP) is 3.22. The number of nitriles is 1. The van der Waals surface area contributed by atoms with Crippen molar-refractivity contribution >= 4 is 17.7 Å². The summed E-state index contributed by atoms with van der Waals surface area (Å²) >= 11 is 0. The van der Waals surface area contributed by atoms with E-state index in [4.69, 9.17) is 0 Å². The number of imide groups is 1. The average molecular weight is 379 g/mol. The van der Waals surface area contributed by atoms with Gasteiger partial charge in [-0.3, -0.25) is 19.3 Å². The quantitative estimate of drug-likeness (QED) is 0.781. The monoisotopic (exact) mass is 379 g/mol. The molecule has 1 aliphatic heterocycles. The molecule has 142 valence electrons. The third-order valence-corrected chi connectivity index (χ3v) is 4.58. The van der Waals surface area contributed by atoms with Gasteiger partial charge in [0.2, 0.25) is 0 Å². The highest BCUT2D eigenvalue weighted by Gasteiger charge is 2.35. The number of unbranched alkanes of at least 4 members (excludes halogenated alkanes) is 1. The van der Waals surface area contributed by atoms with Crippen LogP contribution in [0.15, 0.2) is 42.5 Å². The average Bonchev–Trinajstić information content (AvgIpc) is 2.94. The highest BCUT2D eigenvalue weighted by molar-refractivity contribution is 6.22. The first-order chi connectivity index (χ1) is 13.5. The van der Waals surface area contributed by atoms with Gasteiger partial charge in [0.15, 0.2) is 0 Å². The highest BCUT2D eigenvalue weighted by Crippen LogP contribution is 2.25. The van der Waals surface area contributed by atoms with E-state index in [9.17, 15) is 24.0 Å². The van der Waals surface area contributed by atoms with Crippen molar-refractivity contribution in [3.8, 4) is 6.07 Å². The number of hydrogen-bond donors (Lipinski definition) is 1. The molecular weight excluding hydrogens is 361 g/mol. The number of fused-ring (bicyclic) bond motifs is 1. The SMILES string of the molecule is CCCCN1C(=O)c2ccc(C(=O)N[C@@H](C#N)c3ccc(F)cc3)cc2C1=O. The van der Waals surface area contributed by atoms with E-state index in [1.165, 1.54) is 47.4 Å². The van der Waals surface area contributed by atoms with Gasteiger partial charge in [0, 0.05) is 12.1 Å². The van der Waals surface area contributed by atoms with Gasteiger partial charge >= 0.3 is 0 Å². The molecule has 3 amide bonds. The molecule has 6 nitrogen and oxygen atoms in total. The highest BCUT2D eigenvalue weighted by atomic mass is 19.1. The van der Waals surface area contributed by atoms with Crippen molar-refractivity contribution in [2.75, 3.05) is 6.54 Å². The van der Waals surface area contributed by atoms with E-state index in [0.717, 1.165) is 6.42 Å². The van der Waals surface area contributed by atoms with Gasteiger partial charge in [-0.25, -0.2) is 4.39 Å². The minimum Gasteiger partial charge on any atom is -0.333 e. The molecule has 0 saturated heterocycles. The van der Waals surface area contributed by atoms with E-state index in [0.29, 0.717) is 18.5 Å². The molecule has 0 unspecified atom stereocenters. The number of carbonyl (C=O) groups excluding carboxylic acids is 3. The maximum atomic E-state index is 13.1. The van der Waals surface area contributed by atoms with Gasteiger partial charge in [-0.15, -0.1) is 0 Å². The predicted molar refractivity (Wildman–Crippen MR) is 98.9 cm³/mol. The molecule has 7 heteroatoms. The summed E-state index contributed by atoms with van der Waals surface area (Å²) in [5.74, 6) is -1.78. The first-order valence-electron chi connectivity index (χ1n) is 8.92. The van der Waals surface area contributed by atoms with Crippen LogP contribution < -0.4 is 5.32 Å². The lowest BCUT2D eigenvalue weighted by molar-refractivity contribution is 0.0652. The molecule has 0 aromatic heterocycles. The molecule has 1 N–H and O–H groups in total. The summed E-state index contributed by atoms with van der Waals surface area (Å²) < 4.78 is 13.1. The van der Waals surface area contributed by atoms with Crippen LogP contribution in [0.4, 0.5) is 4.39 Å². The van der Waals surface area contributed by atoms with Crippen molar-refractivity contribution in [3.05, 3.63) is 70.5 Å². The Morgan fingerprint density at radius 2 is 1.82 bits per heavy atom. The van der Waals surface area contributed by atoms with Crippen LogP contribution in [-0.4, -0.2) is 29.2 Å². The largest absolute Gasteiger partial charge is 0.333 e. The summed E-state index contributed by atoms with van der Waals surface area (Å²) in [5, 5.41) is 11.9. The maximum Gasteiger partial charge on any atom is 0.261 e. The number of halogens is 1. The summed E-state index contributed by atoms with van der Waals surface area (Å²) in [6.07, 6.45) is 1.56. The molecule has 0 bridgehead atoms. The first kappa shape index (κ1) is 19.2. The van der Waals surface area contributed by atoms with E-state index in [2.05, 4.69) is 5.32 Å². The van der Waals surface area contributed by atoms with Gasteiger partial charge in [0.1, 0.15) is 11.9 Å². The summed E-state index contributed by atoms with van der Waals surface area (Å²) in [4.78, 5) is 38.6. The Morgan fingerprint density at radius 3 is 2.46 bits per heavy atom. The Bertz CT molecular complexity index is 979. The van der Waals surface area contributed by atoms with Crippen LogP contribution in [0.1, 0.15) is 62.4 Å². The Kier molecular flexibility index (Phi) is 5.50. The molecule has 0 spiro atoms. The molecule has 0 radical (unpaired) electrons. The second kappa shape index (κ2) is 8.01. The van der Waals surface area contributed by atoms with Crippen molar-refractivity contribution < 1.29 is 18.8 Å². The van der Waals surface area contributed by atoms with Gasteiger partial charge in [-0.2, -0.15) is 5.26 Å². The van der Waals surface area contributed by atoms with Gasteiger partial charge < -0.3 is 5.32 Å².